The van der Waals surface area contributed by atoms with Crippen LogP contribution in [0.3, 0.4) is 0 Å². The van der Waals surface area contributed by atoms with Crippen LogP contribution < -0.4 is 4.74 Å². The molecule has 0 spiro atoms. The summed E-state index contributed by atoms with van der Waals surface area (Å²) in [4.78, 5) is 0. The van der Waals surface area contributed by atoms with E-state index in [-0.39, 0.29) is 13.2 Å². The van der Waals surface area contributed by atoms with E-state index in [0.29, 0.717) is 18.6 Å². The molecular formula is C23H28O4. The van der Waals surface area contributed by atoms with Gasteiger partial charge < -0.3 is 20.1 Å². The van der Waals surface area contributed by atoms with Crippen LogP contribution in [0.25, 0.3) is 0 Å². The number of allylic oxidation sites excluding steroid dienone is 3. The normalized spacial score (nSPS) is 14.0. The first-order chi connectivity index (χ1) is 13.0. The highest BCUT2D eigenvalue weighted by molar-refractivity contribution is 5.33. The molecule has 0 radical (unpaired) electrons. The molecule has 0 heterocycles. The number of hydrogen-bond donors (Lipinski definition) is 3. The summed E-state index contributed by atoms with van der Waals surface area (Å²) in [6, 6.07) is 13.2. The van der Waals surface area contributed by atoms with E-state index in [9.17, 15) is 15.3 Å². The summed E-state index contributed by atoms with van der Waals surface area (Å²) in [5.74, 6) is 0.720. The molecule has 0 saturated heterocycles. The maximum atomic E-state index is 10.5. The fourth-order valence-electron chi connectivity index (χ4n) is 2.83. The van der Waals surface area contributed by atoms with Gasteiger partial charge in [-0.15, -0.1) is 0 Å². The van der Waals surface area contributed by atoms with Crippen LogP contribution in [0.1, 0.15) is 36.1 Å². The summed E-state index contributed by atoms with van der Waals surface area (Å²) >= 11 is 0. The first-order valence-corrected chi connectivity index (χ1v) is 9.04. The van der Waals surface area contributed by atoms with Gasteiger partial charge in [-0.3, -0.25) is 0 Å². The highest BCUT2D eigenvalue weighted by Gasteiger charge is 2.17. The van der Waals surface area contributed by atoms with E-state index in [4.69, 9.17) is 4.74 Å². The van der Waals surface area contributed by atoms with Crippen molar-refractivity contribution in [1.82, 2.24) is 0 Å². The Morgan fingerprint density at radius 1 is 0.963 bits per heavy atom. The van der Waals surface area contributed by atoms with E-state index in [1.807, 2.05) is 61.5 Å². The van der Waals surface area contributed by atoms with Crippen LogP contribution in [0.4, 0.5) is 0 Å². The zero-order valence-electron chi connectivity index (χ0n) is 15.9. The number of aliphatic hydroxyl groups excluding tert-OH is 2. The van der Waals surface area contributed by atoms with Crippen LogP contribution >= 0.6 is 0 Å². The van der Waals surface area contributed by atoms with Crippen molar-refractivity contribution in [2.24, 2.45) is 0 Å². The standard InChI is InChI=1S/C23H28O4/c1-3-4-5-11-23(2,26)14-18-7-6-8-22(13-18)27-17-19-9-10-20(15-24)21(12-19)16-25/h3-13,24-26H,14-17H2,1-2H3. The summed E-state index contributed by atoms with van der Waals surface area (Å²) in [5.41, 5.74) is 2.39. The van der Waals surface area contributed by atoms with Gasteiger partial charge >= 0.3 is 0 Å². The second kappa shape index (κ2) is 10.1. The lowest BCUT2D eigenvalue weighted by Gasteiger charge is -2.19. The largest absolute Gasteiger partial charge is 0.489 e. The summed E-state index contributed by atoms with van der Waals surface area (Å²) in [7, 11) is 0. The third-order valence-corrected chi connectivity index (χ3v) is 4.24. The van der Waals surface area contributed by atoms with Gasteiger partial charge in [0.15, 0.2) is 0 Å². The molecule has 0 aliphatic heterocycles. The lowest BCUT2D eigenvalue weighted by atomic mass is 9.96. The third kappa shape index (κ3) is 6.68. The van der Waals surface area contributed by atoms with Gasteiger partial charge in [0.05, 0.1) is 18.8 Å². The molecule has 2 rings (SSSR count). The molecule has 144 valence electrons. The molecule has 3 N–H and O–H groups in total. The SMILES string of the molecule is CC=CC=CC(C)(O)Cc1cccc(OCc2ccc(CO)c(CO)c2)c1. The van der Waals surface area contributed by atoms with Crippen molar-refractivity contribution >= 4 is 0 Å². The molecule has 4 nitrogen and oxygen atoms in total. The molecule has 0 aliphatic carbocycles. The summed E-state index contributed by atoms with van der Waals surface area (Å²) in [6.45, 7) is 3.86. The molecular weight excluding hydrogens is 340 g/mol. The predicted octanol–water partition coefficient (Wildman–Crippen LogP) is 3.68. The van der Waals surface area contributed by atoms with Gasteiger partial charge in [0, 0.05) is 6.42 Å². The van der Waals surface area contributed by atoms with Crippen LogP contribution in [0.15, 0.2) is 66.8 Å². The first-order valence-electron chi connectivity index (χ1n) is 9.04. The Kier molecular flexibility index (Phi) is 7.80. The summed E-state index contributed by atoms with van der Waals surface area (Å²) in [6.07, 6.45) is 7.90. The van der Waals surface area contributed by atoms with Gasteiger partial charge in [0.2, 0.25) is 0 Å². The van der Waals surface area contributed by atoms with Gasteiger partial charge in [0.25, 0.3) is 0 Å². The van der Waals surface area contributed by atoms with E-state index < -0.39 is 5.60 Å². The Morgan fingerprint density at radius 2 is 1.74 bits per heavy atom. The minimum absolute atomic E-state index is 0.0957. The maximum absolute atomic E-state index is 10.5. The van der Waals surface area contributed by atoms with Gasteiger partial charge in [-0.2, -0.15) is 0 Å². The molecule has 0 aliphatic rings. The van der Waals surface area contributed by atoms with Gasteiger partial charge in [-0.25, -0.2) is 0 Å². The van der Waals surface area contributed by atoms with E-state index in [1.54, 1.807) is 19.1 Å². The van der Waals surface area contributed by atoms with E-state index >= 15 is 0 Å². The Hall–Kier alpha value is -2.40. The van der Waals surface area contributed by atoms with Crippen LogP contribution in [0.5, 0.6) is 5.75 Å². The number of hydrogen-bond acceptors (Lipinski definition) is 4. The lowest BCUT2D eigenvalue weighted by Crippen LogP contribution is -2.23. The van der Waals surface area contributed by atoms with E-state index in [0.717, 1.165) is 22.4 Å². The summed E-state index contributed by atoms with van der Waals surface area (Å²) in [5, 5.41) is 29.2. The van der Waals surface area contributed by atoms with Crippen molar-refractivity contribution < 1.29 is 20.1 Å². The zero-order chi connectivity index (χ0) is 19.7. The third-order valence-electron chi connectivity index (χ3n) is 4.24. The number of benzene rings is 2. The zero-order valence-corrected chi connectivity index (χ0v) is 15.9. The molecule has 0 amide bonds. The lowest BCUT2D eigenvalue weighted by molar-refractivity contribution is 0.112. The molecule has 1 unspecified atom stereocenters. The molecule has 1 atom stereocenters. The molecule has 0 fully saturated rings. The highest BCUT2D eigenvalue weighted by atomic mass is 16.5. The molecule has 0 bridgehead atoms. The maximum Gasteiger partial charge on any atom is 0.120 e. The van der Waals surface area contributed by atoms with Gasteiger partial charge in [0.1, 0.15) is 12.4 Å². The van der Waals surface area contributed by atoms with Crippen molar-refractivity contribution in [3.05, 3.63) is 89.0 Å². The number of ether oxygens (including phenoxy) is 1. The minimum Gasteiger partial charge on any atom is -0.489 e. The average molecular weight is 368 g/mol. The smallest absolute Gasteiger partial charge is 0.120 e. The fourth-order valence-corrected chi connectivity index (χ4v) is 2.83. The minimum atomic E-state index is -0.936. The number of rotatable bonds is 9. The van der Waals surface area contributed by atoms with Crippen LogP contribution in [-0.4, -0.2) is 20.9 Å². The van der Waals surface area contributed by atoms with Gasteiger partial charge in [-0.1, -0.05) is 48.6 Å². The Balaban J connectivity index is 2.03. The molecule has 0 aromatic heterocycles. The second-order valence-corrected chi connectivity index (χ2v) is 6.77. The van der Waals surface area contributed by atoms with E-state index in [1.165, 1.54) is 0 Å². The van der Waals surface area contributed by atoms with Crippen LogP contribution in [0.2, 0.25) is 0 Å². The van der Waals surface area contributed by atoms with Crippen molar-refractivity contribution in [1.29, 1.82) is 0 Å². The molecule has 0 saturated carbocycles. The Bertz CT molecular complexity index is 791. The van der Waals surface area contributed by atoms with Crippen LogP contribution in [-0.2, 0) is 26.2 Å². The highest BCUT2D eigenvalue weighted by Crippen LogP contribution is 2.21. The first kappa shape index (κ1) is 20.9. The van der Waals surface area contributed by atoms with E-state index in [2.05, 4.69) is 0 Å². The fraction of sp³-hybridized carbons (Fsp3) is 0.304. The Labute approximate surface area is 161 Å². The second-order valence-electron chi connectivity index (χ2n) is 6.77. The topological polar surface area (TPSA) is 69.9 Å². The van der Waals surface area contributed by atoms with Crippen molar-refractivity contribution in [2.75, 3.05) is 0 Å². The van der Waals surface area contributed by atoms with Gasteiger partial charge in [-0.05, 0) is 54.3 Å². The predicted molar refractivity (Wildman–Crippen MR) is 107 cm³/mol. The van der Waals surface area contributed by atoms with Crippen molar-refractivity contribution in [2.45, 2.75) is 45.7 Å². The molecule has 27 heavy (non-hydrogen) atoms. The molecule has 4 heteroatoms. The average Bonchev–Trinajstić information content (AvgIpc) is 2.66. The summed E-state index contributed by atoms with van der Waals surface area (Å²) < 4.78 is 5.86. The van der Waals surface area contributed by atoms with Crippen LogP contribution in [0, 0.1) is 0 Å². The van der Waals surface area contributed by atoms with Crippen molar-refractivity contribution in [3.63, 3.8) is 0 Å². The quantitative estimate of drug-likeness (QED) is 0.591. The molecule has 2 aromatic carbocycles. The number of aliphatic hydroxyl groups is 3. The monoisotopic (exact) mass is 368 g/mol. The van der Waals surface area contributed by atoms with Crippen molar-refractivity contribution in [3.8, 4) is 5.75 Å². The Morgan fingerprint density at radius 3 is 2.44 bits per heavy atom. The molecule has 2 aromatic rings.